The molecular formula is C13H10BrFN2O. The summed E-state index contributed by atoms with van der Waals surface area (Å²) >= 11 is 3.21. The summed E-state index contributed by atoms with van der Waals surface area (Å²) in [6, 6.07) is 9.35. The molecule has 2 aromatic rings. The minimum absolute atomic E-state index is 0.272. The topological polar surface area (TPSA) is 42.0 Å². The van der Waals surface area contributed by atoms with Crippen LogP contribution >= 0.6 is 15.9 Å². The van der Waals surface area contributed by atoms with E-state index in [9.17, 15) is 9.18 Å². The minimum atomic E-state index is -0.428. The van der Waals surface area contributed by atoms with E-state index in [2.05, 4.69) is 26.2 Å². The second-order valence-electron chi connectivity index (χ2n) is 3.82. The first-order chi connectivity index (χ1) is 8.54. The van der Waals surface area contributed by atoms with Crippen molar-refractivity contribution in [1.82, 2.24) is 4.98 Å². The van der Waals surface area contributed by atoms with Crippen LogP contribution in [0.5, 0.6) is 0 Å². The molecule has 0 spiro atoms. The van der Waals surface area contributed by atoms with Crippen LogP contribution in [0.3, 0.4) is 0 Å². The average molecular weight is 309 g/mol. The number of hydrogen-bond donors (Lipinski definition) is 1. The van der Waals surface area contributed by atoms with Crippen molar-refractivity contribution >= 4 is 27.7 Å². The van der Waals surface area contributed by atoms with E-state index < -0.39 is 5.82 Å². The van der Waals surface area contributed by atoms with E-state index in [0.717, 1.165) is 0 Å². The van der Waals surface area contributed by atoms with Gasteiger partial charge in [-0.25, -0.2) is 9.37 Å². The molecule has 92 valence electrons. The Morgan fingerprint density at radius 3 is 2.78 bits per heavy atom. The Labute approximate surface area is 112 Å². The number of aryl methyl sites for hydroxylation is 1. The predicted octanol–water partition coefficient (Wildman–Crippen LogP) is 3.54. The van der Waals surface area contributed by atoms with Gasteiger partial charge in [-0.3, -0.25) is 4.79 Å². The Bertz CT molecular complexity index is 581. The Morgan fingerprint density at radius 2 is 2.11 bits per heavy atom. The fourth-order valence-electron chi connectivity index (χ4n) is 1.53. The average Bonchev–Trinajstić information content (AvgIpc) is 2.27. The molecule has 0 atom stereocenters. The molecule has 1 heterocycles. The van der Waals surface area contributed by atoms with E-state index in [4.69, 9.17) is 0 Å². The number of pyridine rings is 1. The first-order valence-corrected chi connectivity index (χ1v) is 6.05. The number of carbonyl (C=O) groups excluding carboxylic acids is 1. The number of halogens is 2. The Kier molecular flexibility index (Phi) is 3.72. The smallest absolute Gasteiger partial charge is 0.256 e. The van der Waals surface area contributed by atoms with Crippen LogP contribution in [0.25, 0.3) is 0 Å². The highest BCUT2D eigenvalue weighted by molar-refractivity contribution is 9.10. The molecule has 0 unspecified atom stereocenters. The van der Waals surface area contributed by atoms with Crippen molar-refractivity contribution in [3.8, 4) is 0 Å². The number of rotatable bonds is 2. The third kappa shape index (κ3) is 3.13. The van der Waals surface area contributed by atoms with E-state index in [1.807, 2.05) is 0 Å². The summed E-state index contributed by atoms with van der Waals surface area (Å²) in [7, 11) is 0. The van der Waals surface area contributed by atoms with Gasteiger partial charge in [-0.05, 0) is 58.7 Å². The van der Waals surface area contributed by atoms with E-state index in [1.165, 1.54) is 12.1 Å². The fraction of sp³-hybridized carbons (Fsp3) is 0.0769. The Morgan fingerprint density at radius 1 is 1.33 bits per heavy atom. The van der Waals surface area contributed by atoms with E-state index >= 15 is 0 Å². The van der Waals surface area contributed by atoms with Crippen LogP contribution in [0, 0.1) is 12.7 Å². The van der Waals surface area contributed by atoms with Gasteiger partial charge in [-0.2, -0.15) is 0 Å². The molecule has 5 heteroatoms. The van der Waals surface area contributed by atoms with Crippen molar-refractivity contribution in [3.05, 3.63) is 57.9 Å². The molecule has 0 bridgehead atoms. The zero-order valence-electron chi connectivity index (χ0n) is 9.58. The van der Waals surface area contributed by atoms with Gasteiger partial charge in [0.25, 0.3) is 5.91 Å². The lowest BCUT2D eigenvalue weighted by Gasteiger charge is -2.05. The van der Waals surface area contributed by atoms with Crippen molar-refractivity contribution < 1.29 is 9.18 Å². The molecular weight excluding hydrogens is 299 g/mol. The van der Waals surface area contributed by atoms with Crippen molar-refractivity contribution in [2.45, 2.75) is 6.92 Å². The van der Waals surface area contributed by atoms with Crippen LogP contribution in [0.1, 0.15) is 15.9 Å². The lowest BCUT2D eigenvalue weighted by Crippen LogP contribution is -2.13. The van der Waals surface area contributed by atoms with Crippen LogP contribution in [0.4, 0.5) is 10.2 Å². The highest BCUT2D eigenvalue weighted by Gasteiger charge is 2.09. The van der Waals surface area contributed by atoms with Gasteiger partial charge in [-0.15, -0.1) is 0 Å². The Balaban J connectivity index is 2.22. The van der Waals surface area contributed by atoms with Crippen molar-refractivity contribution in [2.75, 3.05) is 5.32 Å². The molecule has 0 aliphatic rings. The van der Waals surface area contributed by atoms with E-state index in [-0.39, 0.29) is 11.5 Å². The summed E-state index contributed by atoms with van der Waals surface area (Å²) in [5.74, 6) is -0.401. The molecule has 18 heavy (non-hydrogen) atoms. The molecule has 0 aliphatic heterocycles. The van der Waals surface area contributed by atoms with Crippen LogP contribution in [-0.4, -0.2) is 10.9 Å². The van der Waals surface area contributed by atoms with Crippen molar-refractivity contribution in [3.63, 3.8) is 0 Å². The molecule has 0 aliphatic carbocycles. The second-order valence-corrected chi connectivity index (χ2v) is 4.63. The van der Waals surface area contributed by atoms with Gasteiger partial charge < -0.3 is 5.32 Å². The first kappa shape index (κ1) is 12.7. The SMILES string of the molecule is Cc1cc(F)cc(C(=O)Nc2cccc(Br)n2)c1. The third-order valence-electron chi connectivity index (χ3n) is 2.26. The zero-order valence-corrected chi connectivity index (χ0v) is 11.2. The maximum atomic E-state index is 13.2. The standard InChI is InChI=1S/C13H10BrFN2O/c1-8-5-9(7-10(15)6-8)13(18)17-12-4-2-3-11(14)16-12/h2-7H,1H3,(H,16,17,18). The molecule has 1 aromatic heterocycles. The number of amides is 1. The molecule has 0 radical (unpaired) electrons. The fourth-order valence-corrected chi connectivity index (χ4v) is 1.88. The zero-order chi connectivity index (χ0) is 13.1. The number of anilines is 1. The molecule has 3 nitrogen and oxygen atoms in total. The molecule has 1 aromatic carbocycles. The summed E-state index contributed by atoms with van der Waals surface area (Å²) in [4.78, 5) is 16.0. The summed E-state index contributed by atoms with van der Waals surface area (Å²) in [5, 5.41) is 2.61. The number of benzene rings is 1. The molecule has 1 amide bonds. The van der Waals surface area contributed by atoms with Gasteiger partial charge in [0.2, 0.25) is 0 Å². The van der Waals surface area contributed by atoms with E-state index in [0.29, 0.717) is 16.0 Å². The molecule has 0 saturated carbocycles. The monoisotopic (exact) mass is 308 g/mol. The summed E-state index contributed by atoms with van der Waals surface area (Å²) in [6.45, 7) is 1.73. The quantitative estimate of drug-likeness (QED) is 0.862. The van der Waals surface area contributed by atoms with Crippen LogP contribution in [-0.2, 0) is 0 Å². The molecule has 1 N–H and O–H groups in total. The van der Waals surface area contributed by atoms with Crippen LogP contribution < -0.4 is 5.32 Å². The molecule has 0 saturated heterocycles. The molecule has 2 rings (SSSR count). The number of carbonyl (C=O) groups is 1. The van der Waals surface area contributed by atoms with Gasteiger partial charge in [0.1, 0.15) is 16.2 Å². The minimum Gasteiger partial charge on any atom is -0.307 e. The largest absolute Gasteiger partial charge is 0.307 e. The van der Waals surface area contributed by atoms with Crippen molar-refractivity contribution in [1.29, 1.82) is 0 Å². The van der Waals surface area contributed by atoms with Crippen LogP contribution in [0.2, 0.25) is 0 Å². The van der Waals surface area contributed by atoms with Gasteiger partial charge in [-0.1, -0.05) is 6.07 Å². The lowest BCUT2D eigenvalue weighted by atomic mass is 10.1. The van der Waals surface area contributed by atoms with Crippen LogP contribution in [0.15, 0.2) is 41.0 Å². The normalized spacial score (nSPS) is 10.2. The first-order valence-electron chi connectivity index (χ1n) is 5.26. The lowest BCUT2D eigenvalue weighted by molar-refractivity contribution is 0.102. The predicted molar refractivity (Wildman–Crippen MR) is 71.0 cm³/mol. The Hall–Kier alpha value is -1.75. The maximum Gasteiger partial charge on any atom is 0.256 e. The highest BCUT2D eigenvalue weighted by atomic mass is 79.9. The molecule has 0 fully saturated rings. The number of hydrogen-bond acceptors (Lipinski definition) is 2. The van der Waals surface area contributed by atoms with E-state index in [1.54, 1.807) is 31.2 Å². The van der Waals surface area contributed by atoms with Gasteiger partial charge in [0, 0.05) is 5.56 Å². The van der Waals surface area contributed by atoms with Gasteiger partial charge in [0.05, 0.1) is 0 Å². The summed E-state index contributed by atoms with van der Waals surface area (Å²) in [5.41, 5.74) is 0.969. The van der Waals surface area contributed by atoms with Gasteiger partial charge in [0.15, 0.2) is 0 Å². The van der Waals surface area contributed by atoms with Crippen molar-refractivity contribution in [2.24, 2.45) is 0 Å². The third-order valence-corrected chi connectivity index (χ3v) is 2.70. The summed E-state index contributed by atoms with van der Waals surface area (Å²) < 4.78 is 13.8. The second kappa shape index (κ2) is 5.27. The maximum absolute atomic E-state index is 13.2. The summed E-state index contributed by atoms with van der Waals surface area (Å²) in [6.07, 6.45) is 0. The number of nitrogens with one attached hydrogen (secondary N) is 1. The van der Waals surface area contributed by atoms with Gasteiger partial charge >= 0.3 is 0 Å². The highest BCUT2D eigenvalue weighted by Crippen LogP contribution is 2.13. The number of nitrogens with zero attached hydrogens (tertiary/aromatic N) is 1. The number of aromatic nitrogens is 1.